The van der Waals surface area contributed by atoms with E-state index in [0.717, 1.165) is 12.0 Å². The molecule has 1 N–H and O–H groups in total. The van der Waals surface area contributed by atoms with Gasteiger partial charge in [-0.2, -0.15) is 0 Å². The molecule has 0 aromatic carbocycles. The van der Waals surface area contributed by atoms with Crippen LogP contribution >= 0.6 is 11.3 Å². The summed E-state index contributed by atoms with van der Waals surface area (Å²) in [6.07, 6.45) is 9.88. The van der Waals surface area contributed by atoms with Gasteiger partial charge in [-0.25, -0.2) is 4.98 Å². The number of hydrogen-bond donors (Lipinski definition) is 1. The second-order valence-corrected chi connectivity index (χ2v) is 8.37. The molecule has 3 heteroatoms. The normalized spacial score (nSPS) is 32.5. The molecular formula is C16H26N2S. The minimum absolute atomic E-state index is 0.192. The first kappa shape index (κ1) is 13.6. The summed E-state index contributed by atoms with van der Waals surface area (Å²) in [6, 6.07) is 0.759. The van der Waals surface area contributed by atoms with Gasteiger partial charge < -0.3 is 5.32 Å². The van der Waals surface area contributed by atoms with Crippen molar-refractivity contribution in [2.75, 3.05) is 0 Å². The Bertz CT molecular complexity index is 406. The zero-order chi connectivity index (χ0) is 13.5. The summed E-state index contributed by atoms with van der Waals surface area (Å²) in [5, 5.41) is 7.38. The lowest BCUT2D eigenvalue weighted by Crippen LogP contribution is -2.47. The van der Waals surface area contributed by atoms with Crippen LogP contribution in [0.4, 0.5) is 0 Å². The summed E-state index contributed by atoms with van der Waals surface area (Å²) in [6.45, 7) is 7.17. The third kappa shape index (κ3) is 2.87. The summed E-state index contributed by atoms with van der Waals surface area (Å²) >= 11 is 1.83. The maximum Gasteiger partial charge on any atom is 0.113 e. The molecule has 2 fully saturated rings. The topological polar surface area (TPSA) is 24.9 Å². The van der Waals surface area contributed by atoms with E-state index in [0.29, 0.717) is 5.41 Å². The second-order valence-electron chi connectivity index (χ2n) is 7.48. The van der Waals surface area contributed by atoms with E-state index in [9.17, 15) is 0 Å². The van der Waals surface area contributed by atoms with Crippen molar-refractivity contribution in [2.24, 2.45) is 11.3 Å². The van der Waals surface area contributed by atoms with E-state index in [1.807, 2.05) is 17.5 Å². The zero-order valence-electron chi connectivity index (χ0n) is 12.4. The van der Waals surface area contributed by atoms with E-state index in [4.69, 9.17) is 0 Å². The minimum Gasteiger partial charge on any atom is -0.303 e. The first-order valence-corrected chi connectivity index (χ1v) is 8.55. The van der Waals surface area contributed by atoms with Crippen LogP contribution in [0.3, 0.4) is 0 Å². The molecule has 2 saturated carbocycles. The monoisotopic (exact) mass is 278 g/mol. The van der Waals surface area contributed by atoms with Crippen molar-refractivity contribution in [1.82, 2.24) is 10.3 Å². The molecule has 1 aromatic rings. The Hall–Kier alpha value is -0.410. The van der Waals surface area contributed by atoms with Crippen LogP contribution in [0.15, 0.2) is 11.6 Å². The molecule has 3 rings (SSSR count). The summed E-state index contributed by atoms with van der Waals surface area (Å²) in [5.41, 5.74) is 0.645. The third-order valence-electron chi connectivity index (χ3n) is 4.96. The number of aromatic nitrogens is 1. The van der Waals surface area contributed by atoms with Gasteiger partial charge >= 0.3 is 0 Å². The molecule has 0 spiro atoms. The van der Waals surface area contributed by atoms with E-state index >= 15 is 0 Å². The average Bonchev–Trinajstić information content (AvgIpc) is 2.98. The van der Waals surface area contributed by atoms with Gasteiger partial charge in [0.25, 0.3) is 0 Å². The first-order chi connectivity index (χ1) is 9.00. The number of nitrogens with one attached hydrogen (secondary N) is 1. The molecule has 2 nitrogen and oxygen atoms in total. The highest BCUT2D eigenvalue weighted by atomic mass is 32.1. The smallest absolute Gasteiger partial charge is 0.113 e. The molecular weight excluding hydrogens is 252 g/mol. The highest BCUT2D eigenvalue weighted by Gasteiger charge is 2.44. The lowest BCUT2D eigenvalue weighted by atomic mass is 9.67. The number of rotatable bonds is 3. The predicted molar refractivity (Wildman–Crippen MR) is 81.4 cm³/mol. The summed E-state index contributed by atoms with van der Waals surface area (Å²) < 4.78 is 0. The highest BCUT2D eigenvalue weighted by Crippen LogP contribution is 2.47. The Morgan fingerprint density at radius 2 is 1.89 bits per heavy atom. The van der Waals surface area contributed by atoms with Crippen molar-refractivity contribution in [2.45, 2.75) is 70.9 Å². The SMILES string of the molecule is CC(C)(C)C1CCC(NC2CC2)(c2nccs2)CC1. The van der Waals surface area contributed by atoms with Gasteiger partial charge in [0, 0.05) is 17.6 Å². The molecule has 0 bridgehead atoms. The van der Waals surface area contributed by atoms with E-state index < -0.39 is 0 Å². The molecule has 0 radical (unpaired) electrons. The Morgan fingerprint density at radius 1 is 1.21 bits per heavy atom. The van der Waals surface area contributed by atoms with E-state index in [1.165, 1.54) is 43.5 Å². The van der Waals surface area contributed by atoms with E-state index in [-0.39, 0.29) is 5.54 Å². The van der Waals surface area contributed by atoms with Crippen LogP contribution < -0.4 is 5.32 Å². The van der Waals surface area contributed by atoms with Gasteiger partial charge in [-0.05, 0) is 49.9 Å². The zero-order valence-corrected chi connectivity index (χ0v) is 13.2. The summed E-state index contributed by atoms with van der Waals surface area (Å²) in [4.78, 5) is 4.64. The average molecular weight is 278 g/mol. The van der Waals surface area contributed by atoms with Crippen molar-refractivity contribution in [1.29, 1.82) is 0 Å². The van der Waals surface area contributed by atoms with Gasteiger partial charge in [0.1, 0.15) is 5.01 Å². The van der Waals surface area contributed by atoms with Crippen LogP contribution in [0.1, 0.15) is 64.3 Å². The molecule has 19 heavy (non-hydrogen) atoms. The molecule has 0 atom stereocenters. The maximum absolute atomic E-state index is 4.64. The van der Waals surface area contributed by atoms with Gasteiger partial charge in [0.15, 0.2) is 0 Å². The van der Waals surface area contributed by atoms with Gasteiger partial charge in [0.2, 0.25) is 0 Å². The van der Waals surface area contributed by atoms with Crippen molar-refractivity contribution in [3.63, 3.8) is 0 Å². The predicted octanol–water partition coefficient (Wildman–Crippen LogP) is 4.33. The highest BCUT2D eigenvalue weighted by molar-refractivity contribution is 7.09. The molecule has 2 aliphatic rings. The Morgan fingerprint density at radius 3 is 2.37 bits per heavy atom. The van der Waals surface area contributed by atoms with Crippen LogP contribution in [0, 0.1) is 11.3 Å². The maximum atomic E-state index is 4.64. The fourth-order valence-corrected chi connectivity index (χ4v) is 4.34. The van der Waals surface area contributed by atoms with Crippen LogP contribution in [-0.2, 0) is 5.54 Å². The van der Waals surface area contributed by atoms with Gasteiger partial charge in [0.05, 0.1) is 5.54 Å². The Balaban J connectivity index is 1.76. The quantitative estimate of drug-likeness (QED) is 0.890. The fourth-order valence-electron chi connectivity index (χ4n) is 3.47. The lowest BCUT2D eigenvalue weighted by molar-refractivity contribution is 0.112. The van der Waals surface area contributed by atoms with Crippen LogP contribution in [-0.4, -0.2) is 11.0 Å². The number of hydrogen-bond acceptors (Lipinski definition) is 3. The third-order valence-corrected chi connectivity index (χ3v) is 5.94. The van der Waals surface area contributed by atoms with Crippen molar-refractivity contribution in [3.05, 3.63) is 16.6 Å². The van der Waals surface area contributed by atoms with E-state index in [2.05, 4.69) is 36.5 Å². The molecule has 1 heterocycles. The lowest BCUT2D eigenvalue weighted by Gasteiger charge is -2.43. The van der Waals surface area contributed by atoms with Crippen molar-refractivity contribution in [3.8, 4) is 0 Å². The molecule has 0 aliphatic heterocycles. The van der Waals surface area contributed by atoms with Crippen LogP contribution in [0.5, 0.6) is 0 Å². The first-order valence-electron chi connectivity index (χ1n) is 7.67. The molecule has 1 aromatic heterocycles. The fraction of sp³-hybridized carbons (Fsp3) is 0.812. The Kier molecular flexibility index (Phi) is 3.46. The van der Waals surface area contributed by atoms with Gasteiger partial charge in [-0.1, -0.05) is 20.8 Å². The summed E-state index contributed by atoms with van der Waals surface area (Å²) in [7, 11) is 0. The van der Waals surface area contributed by atoms with Crippen molar-refractivity contribution < 1.29 is 0 Å². The molecule has 2 aliphatic carbocycles. The van der Waals surface area contributed by atoms with Gasteiger partial charge in [-0.15, -0.1) is 11.3 Å². The van der Waals surface area contributed by atoms with Crippen molar-refractivity contribution >= 4 is 11.3 Å². The van der Waals surface area contributed by atoms with Gasteiger partial charge in [-0.3, -0.25) is 0 Å². The molecule has 0 unspecified atom stereocenters. The van der Waals surface area contributed by atoms with Crippen LogP contribution in [0.2, 0.25) is 0 Å². The molecule has 0 amide bonds. The largest absolute Gasteiger partial charge is 0.303 e. The molecule has 0 saturated heterocycles. The number of nitrogens with zero attached hydrogens (tertiary/aromatic N) is 1. The standard InChI is InChI=1S/C16H26N2S/c1-15(2,3)12-6-8-16(9-7-12,18-13-4-5-13)14-17-10-11-19-14/h10-13,18H,4-9H2,1-3H3. The van der Waals surface area contributed by atoms with Crippen LogP contribution in [0.25, 0.3) is 0 Å². The Labute approximate surface area is 121 Å². The van der Waals surface area contributed by atoms with E-state index in [1.54, 1.807) is 0 Å². The minimum atomic E-state index is 0.192. The molecule has 106 valence electrons. The summed E-state index contributed by atoms with van der Waals surface area (Å²) in [5.74, 6) is 0.863. The second kappa shape index (κ2) is 4.85. The number of thiazole rings is 1.